The monoisotopic (exact) mass is 438 g/mol. The van der Waals surface area contributed by atoms with Crippen LogP contribution in [0.3, 0.4) is 0 Å². The second-order valence-electron chi connectivity index (χ2n) is 8.76. The van der Waals surface area contributed by atoms with E-state index in [9.17, 15) is 0 Å². The maximum atomic E-state index is 5.11. The van der Waals surface area contributed by atoms with Crippen LogP contribution in [0, 0.1) is 12.8 Å². The topological polar surface area (TPSA) is 91.8 Å². The number of nitrogens with one attached hydrogen (secondary N) is 2. The predicted octanol–water partition coefficient (Wildman–Crippen LogP) is 3.72. The Labute approximate surface area is 192 Å². The van der Waals surface area contributed by atoms with Crippen molar-refractivity contribution in [3.63, 3.8) is 0 Å². The average Bonchev–Trinajstić information content (AvgIpc) is 3.71. The van der Waals surface area contributed by atoms with Crippen LogP contribution in [0.5, 0.6) is 0 Å². The van der Waals surface area contributed by atoms with Gasteiger partial charge in [0.05, 0.1) is 23.1 Å². The van der Waals surface area contributed by atoms with Gasteiger partial charge in [0.25, 0.3) is 0 Å². The molecule has 8 nitrogen and oxygen atoms in total. The number of pyridine rings is 3. The molecule has 0 amide bonds. The third-order valence-corrected chi connectivity index (χ3v) is 6.49. The molecule has 1 atom stereocenters. The zero-order chi connectivity index (χ0) is 22.2. The number of hydrogen-bond acceptors (Lipinski definition) is 8. The summed E-state index contributed by atoms with van der Waals surface area (Å²) in [5.41, 5.74) is 3.63. The first kappa shape index (κ1) is 20.0. The molecule has 1 saturated heterocycles. The van der Waals surface area contributed by atoms with Crippen molar-refractivity contribution in [1.82, 2.24) is 30.2 Å². The van der Waals surface area contributed by atoms with Crippen molar-refractivity contribution in [2.24, 2.45) is 5.92 Å². The molecule has 166 valence electrons. The Morgan fingerprint density at radius 2 is 2.00 bits per heavy atom. The molecule has 1 unspecified atom stereocenters. The number of rotatable bonds is 5. The summed E-state index contributed by atoms with van der Waals surface area (Å²) in [6.07, 6.45) is 9.83. The van der Waals surface area contributed by atoms with Gasteiger partial charge in [-0.3, -0.25) is 9.97 Å². The van der Waals surface area contributed by atoms with Crippen LogP contribution >= 0.6 is 0 Å². The summed E-state index contributed by atoms with van der Waals surface area (Å²) in [7, 11) is 0. The van der Waals surface area contributed by atoms with Gasteiger partial charge in [0.1, 0.15) is 11.6 Å². The molecule has 0 spiro atoms. The third-order valence-electron chi connectivity index (χ3n) is 6.49. The molecular formula is C25H26N8. The van der Waals surface area contributed by atoms with E-state index >= 15 is 0 Å². The van der Waals surface area contributed by atoms with E-state index in [0.717, 1.165) is 65.0 Å². The van der Waals surface area contributed by atoms with E-state index in [1.54, 1.807) is 12.4 Å². The quantitative estimate of drug-likeness (QED) is 0.487. The SMILES string of the molecule is Cc1ncccc1Nc1cc(-c2nc(N3CCNCC3C3CC3)c3ccncc3n2)ccn1. The second-order valence-corrected chi connectivity index (χ2v) is 8.76. The lowest BCUT2D eigenvalue weighted by molar-refractivity contribution is 0.438. The fourth-order valence-electron chi connectivity index (χ4n) is 4.59. The first-order valence-electron chi connectivity index (χ1n) is 11.5. The lowest BCUT2D eigenvalue weighted by atomic mass is 10.1. The van der Waals surface area contributed by atoms with Crippen LogP contribution in [-0.2, 0) is 0 Å². The third kappa shape index (κ3) is 3.98. The van der Waals surface area contributed by atoms with Crippen molar-refractivity contribution in [1.29, 1.82) is 0 Å². The van der Waals surface area contributed by atoms with Crippen molar-refractivity contribution in [3.8, 4) is 11.4 Å². The van der Waals surface area contributed by atoms with Gasteiger partial charge in [0.2, 0.25) is 0 Å². The summed E-state index contributed by atoms with van der Waals surface area (Å²) in [5.74, 6) is 3.17. The Bertz CT molecular complexity index is 1300. The maximum absolute atomic E-state index is 5.11. The molecule has 1 aliphatic heterocycles. The van der Waals surface area contributed by atoms with Crippen LogP contribution in [0.4, 0.5) is 17.3 Å². The summed E-state index contributed by atoms with van der Waals surface area (Å²) in [5, 5.41) is 7.99. The number of nitrogens with zero attached hydrogens (tertiary/aromatic N) is 6. The van der Waals surface area contributed by atoms with Crippen LogP contribution in [0.2, 0.25) is 0 Å². The lowest BCUT2D eigenvalue weighted by Gasteiger charge is -2.38. The molecule has 4 aromatic heterocycles. The second kappa shape index (κ2) is 8.37. The highest BCUT2D eigenvalue weighted by atomic mass is 15.3. The number of aryl methyl sites for hydroxylation is 1. The summed E-state index contributed by atoms with van der Waals surface area (Å²) >= 11 is 0. The molecule has 0 bridgehead atoms. The molecule has 6 rings (SSSR count). The number of piperazine rings is 1. The lowest BCUT2D eigenvalue weighted by Crippen LogP contribution is -2.53. The minimum absolute atomic E-state index is 0.473. The molecule has 0 radical (unpaired) electrons. The van der Waals surface area contributed by atoms with Crippen LogP contribution in [0.1, 0.15) is 18.5 Å². The molecule has 0 aromatic carbocycles. The first-order valence-corrected chi connectivity index (χ1v) is 11.5. The number of hydrogen-bond donors (Lipinski definition) is 2. The summed E-state index contributed by atoms with van der Waals surface area (Å²) in [6, 6.07) is 10.4. The molecular weight excluding hydrogens is 412 g/mol. The Balaban J connectivity index is 1.41. The fourth-order valence-corrected chi connectivity index (χ4v) is 4.59. The molecule has 8 heteroatoms. The van der Waals surface area contributed by atoms with Gasteiger partial charge >= 0.3 is 0 Å². The highest BCUT2D eigenvalue weighted by Gasteiger charge is 2.37. The van der Waals surface area contributed by atoms with E-state index in [0.29, 0.717) is 11.9 Å². The van der Waals surface area contributed by atoms with E-state index < -0.39 is 0 Å². The van der Waals surface area contributed by atoms with E-state index in [2.05, 4.69) is 30.5 Å². The van der Waals surface area contributed by atoms with Crippen LogP contribution < -0.4 is 15.5 Å². The average molecular weight is 439 g/mol. The number of anilines is 3. The summed E-state index contributed by atoms with van der Waals surface area (Å²) in [4.78, 5) is 25.6. The van der Waals surface area contributed by atoms with Crippen LogP contribution in [-0.4, -0.2) is 50.6 Å². The predicted molar refractivity (Wildman–Crippen MR) is 130 cm³/mol. The zero-order valence-corrected chi connectivity index (χ0v) is 18.6. The first-order chi connectivity index (χ1) is 16.3. The Hall–Kier alpha value is -3.65. The molecule has 2 N–H and O–H groups in total. The van der Waals surface area contributed by atoms with Gasteiger partial charge in [-0.25, -0.2) is 15.0 Å². The summed E-state index contributed by atoms with van der Waals surface area (Å²) in [6.45, 7) is 4.88. The van der Waals surface area contributed by atoms with E-state index in [-0.39, 0.29) is 0 Å². The van der Waals surface area contributed by atoms with Gasteiger partial charge in [-0.05, 0) is 56.0 Å². The van der Waals surface area contributed by atoms with Gasteiger partial charge in [0, 0.05) is 55.2 Å². The highest BCUT2D eigenvalue weighted by molar-refractivity contribution is 5.90. The largest absolute Gasteiger partial charge is 0.350 e. The van der Waals surface area contributed by atoms with Crippen molar-refractivity contribution < 1.29 is 0 Å². The van der Waals surface area contributed by atoms with Crippen LogP contribution in [0.15, 0.2) is 55.1 Å². The number of aromatic nitrogens is 5. The molecule has 1 aliphatic carbocycles. The van der Waals surface area contributed by atoms with Crippen molar-refractivity contribution in [3.05, 3.63) is 60.8 Å². The maximum Gasteiger partial charge on any atom is 0.162 e. The van der Waals surface area contributed by atoms with Crippen molar-refractivity contribution in [2.45, 2.75) is 25.8 Å². The standard InChI is InChI=1S/C25H26N8/c1-16-20(3-2-8-28-16)30-23-13-18(6-10-29-23)24-31-21-14-26-9-7-19(21)25(32-24)33-12-11-27-15-22(33)17-4-5-17/h2-3,6-10,13-14,17,22,27H,4-5,11-12,15H2,1H3,(H,29,30). The van der Waals surface area contributed by atoms with Gasteiger partial charge < -0.3 is 15.5 Å². The van der Waals surface area contributed by atoms with Gasteiger partial charge in [-0.2, -0.15) is 0 Å². The molecule has 4 aromatic rings. The fraction of sp³-hybridized carbons (Fsp3) is 0.320. The molecule has 33 heavy (non-hydrogen) atoms. The normalized spacial score (nSPS) is 18.5. The molecule has 2 fully saturated rings. The van der Waals surface area contributed by atoms with Crippen molar-refractivity contribution >= 4 is 28.2 Å². The van der Waals surface area contributed by atoms with Gasteiger partial charge in [-0.1, -0.05) is 0 Å². The van der Waals surface area contributed by atoms with E-state index in [4.69, 9.17) is 9.97 Å². The Kier molecular flexibility index (Phi) is 5.07. The Morgan fingerprint density at radius 3 is 2.88 bits per heavy atom. The van der Waals surface area contributed by atoms with Crippen molar-refractivity contribution in [2.75, 3.05) is 29.9 Å². The molecule has 1 saturated carbocycles. The molecule has 5 heterocycles. The zero-order valence-electron chi connectivity index (χ0n) is 18.6. The molecule has 2 aliphatic rings. The van der Waals surface area contributed by atoms with E-state index in [1.165, 1.54) is 12.8 Å². The Morgan fingerprint density at radius 1 is 1.06 bits per heavy atom. The van der Waals surface area contributed by atoms with Gasteiger partial charge in [-0.15, -0.1) is 0 Å². The van der Waals surface area contributed by atoms with Crippen LogP contribution in [0.25, 0.3) is 22.3 Å². The number of fused-ring (bicyclic) bond motifs is 1. The smallest absolute Gasteiger partial charge is 0.162 e. The van der Waals surface area contributed by atoms with Gasteiger partial charge in [0.15, 0.2) is 5.82 Å². The minimum atomic E-state index is 0.473. The summed E-state index contributed by atoms with van der Waals surface area (Å²) < 4.78 is 0. The minimum Gasteiger partial charge on any atom is -0.350 e. The van der Waals surface area contributed by atoms with E-state index in [1.807, 2.05) is 49.6 Å². The highest BCUT2D eigenvalue weighted by Crippen LogP contribution is 2.39.